The van der Waals surface area contributed by atoms with E-state index in [4.69, 9.17) is 5.73 Å². The Kier molecular flexibility index (Phi) is 1.80. The SMILES string of the molecule is NCCn1ccc2ncccc21. The summed E-state index contributed by atoms with van der Waals surface area (Å²) < 4.78 is 2.11. The zero-order valence-corrected chi connectivity index (χ0v) is 6.77. The van der Waals surface area contributed by atoms with Crippen LogP contribution in [0.3, 0.4) is 0 Å². The zero-order valence-electron chi connectivity index (χ0n) is 6.77. The van der Waals surface area contributed by atoms with Crippen molar-refractivity contribution in [2.75, 3.05) is 6.54 Å². The van der Waals surface area contributed by atoms with E-state index < -0.39 is 0 Å². The van der Waals surface area contributed by atoms with Crippen molar-refractivity contribution in [1.82, 2.24) is 9.55 Å². The van der Waals surface area contributed by atoms with Crippen LogP contribution in [0.25, 0.3) is 11.0 Å². The van der Waals surface area contributed by atoms with E-state index in [1.54, 1.807) is 6.20 Å². The highest BCUT2D eigenvalue weighted by molar-refractivity contribution is 5.75. The van der Waals surface area contributed by atoms with Gasteiger partial charge in [-0.3, -0.25) is 4.98 Å². The number of rotatable bonds is 2. The molecule has 0 saturated heterocycles. The second-order valence-electron chi connectivity index (χ2n) is 2.71. The third kappa shape index (κ3) is 1.08. The highest BCUT2D eigenvalue weighted by Crippen LogP contribution is 2.11. The summed E-state index contributed by atoms with van der Waals surface area (Å²) in [5.41, 5.74) is 7.66. The van der Waals surface area contributed by atoms with E-state index in [9.17, 15) is 0 Å². The van der Waals surface area contributed by atoms with E-state index in [1.165, 1.54) is 0 Å². The Bertz CT molecular complexity index is 378. The molecule has 0 bridgehead atoms. The normalized spacial score (nSPS) is 10.8. The minimum atomic E-state index is 0.665. The fraction of sp³-hybridized carbons (Fsp3) is 0.222. The van der Waals surface area contributed by atoms with Crippen LogP contribution in [0.15, 0.2) is 30.6 Å². The van der Waals surface area contributed by atoms with Crippen molar-refractivity contribution in [3.8, 4) is 0 Å². The summed E-state index contributed by atoms with van der Waals surface area (Å²) in [6.45, 7) is 1.52. The van der Waals surface area contributed by atoms with Crippen LogP contribution < -0.4 is 5.73 Å². The highest BCUT2D eigenvalue weighted by atomic mass is 15.0. The molecule has 0 amide bonds. The molecule has 0 saturated carbocycles. The first-order valence-electron chi connectivity index (χ1n) is 4.02. The molecule has 62 valence electrons. The molecule has 0 aromatic carbocycles. The molecule has 0 aliphatic carbocycles. The Morgan fingerprint density at radius 3 is 3.17 bits per heavy atom. The summed E-state index contributed by atoms with van der Waals surface area (Å²) in [6, 6.07) is 6.00. The smallest absolute Gasteiger partial charge is 0.0880 e. The monoisotopic (exact) mass is 161 g/mol. The third-order valence-electron chi connectivity index (χ3n) is 1.91. The maximum absolute atomic E-state index is 5.47. The largest absolute Gasteiger partial charge is 0.345 e. The van der Waals surface area contributed by atoms with Gasteiger partial charge in [-0.15, -0.1) is 0 Å². The van der Waals surface area contributed by atoms with Gasteiger partial charge in [-0.2, -0.15) is 0 Å². The van der Waals surface area contributed by atoms with E-state index in [1.807, 2.05) is 18.3 Å². The molecule has 0 spiro atoms. The lowest BCUT2D eigenvalue weighted by Crippen LogP contribution is -2.08. The topological polar surface area (TPSA) is 43.8 Å². The lowest BCUT2D eigenvalue weighted by atomic mass is 10.4. The Balaban J connectivity index is 2.55. The number of nitrogens with two attached hydrogens (primary N) is 1. The second-order valence-corrected chi connectivity index (χ2v) is 2.71. The van der Waals surface area contributed by atoms with Gasteiger partial charge in [-0.25, -0.2) is 0 Å². The molecule has 0 unspecified atom stereocenters. The molecule has 0 aliphatic rings. The van der Waals surface area contributed by atoms with Gasteiger partial charge in [0, 0.05) is 25.5 Å². The molecule has 0 fully saturated rings. The third-order valence-corrected chi connectivity index (χ3v) is 1.91. The Morgan fingerprint density at radius 1 is 1.42 bits per heavy atom. The van der Waals surface area contributed by atoms with Gasteiger partial charge in [-0.05, 0) is 18.2 Å². The van der Waals surface area contributed by atoms with E-state index in [-0.39, 0.29) is 0 Å². The van der Waals surface area contributed by atoms with E-state index >= 15 is 0 Å². The molecular weight excluding hydrogens is 150 g/mol. The molecule has 12 heavy (non-hydrogen) atoms. The number of nitrogens with zero attached hydrogens (tertiary/aromatic N) is 2. The van der Waals surface area contributed by atoms with Crippen molar-refractivity contribution >= 4 is 11.0 Å². The predicted molar refractivity (Wildman–Crippen MR) is 48.8 cm³/mol. The van der Waals surface area contributed by atoms with Gasteiger partial charge >= 0.3 is 0 Å². The van der Waals surface area contributed by atoms with E-state index in [0.717, 1.165) is 17.6 Å². The first kappa shape index (κ1) is 7.31. The Labute approximate surface area is 70.8 Å². The number of pyridine rings is 1. The molecule has 2 aromatic heterocycles. The number of hydrogen-bond acceptors (Lipinski definition) is 2. The summed E-state index contributed by atoms with van der Waals surface area (Å²) in [6.07, 6.45) is 3.82. The standard InChI is InChI=1S/C9H11N3/c10-4-7-12-6-3-8-9(12)2-1-5-11-8/h1-3,5-6H,4,7,10H2. The molecule has 0 atom stereocenters. The quantitative estimate of drug-likeness (QED) is 0.714. The first-order chi connectivity index (χ1) is 5.92. The summed E-state index contributed by atoms with van der Waals surface area (Å²) in [5.74, 6) is 0. The summed E-state index contributed by atoms with van der Waals surface area (Å²) in [4.78, 5) is 4.22. The van der Waals surface area contributed by atoms with Crippen LogP contribution >= 0.6 is 0 Å². The minimum absolute atomic E-state index is 0.665. The molecular formula is C9H11N3. The summed E-state index contributed by atoms with van der Waals surface area (Å²) in [7, 11) is 0. The number of aromatic nitrogens is 2. The minimum Gasteiger partial charge on any atom is -0.345 e. The van der Waals surface area contributed by atoms with Crippen LogP contribution in [0.4, 0.5) is 0 Å². The van der Waals surface area contributed by atoms with Crippen molar-refractivity contribution < 1.29 is 0 Å². The van der Waals surface area contributed by atoms with Crippen LogP contribution in [0.5, 0.6) is 0 Å². The van der Waals surface area contributed by atoms with Crippen molar-refractivity contribution in [3.63, 3.8) is 0 Å². The maximum Gasteiger partial charge on any atom is 0.0880 e. The van der Waals surface area contributed by atoms with Crippen LogP contribution in [0.2, 0.25) is 0 Å². The summed E-state index contributed by atoms with van der Waals surface area (Å²) in [5, 5.41) is 0. The van der Waals surface area contributed by atoms with E-state index in [2.05, 4.69) is 15.6 Å². The zero-order chi connectivity index (χ0) is 8.39. The molecule has 2 rings (SSSR count). The molecule has 3 heteroatoms. The summed E-state index contributed by atoms with van der Waals surface area (Å²) >= 11 is 0. The van der Waals surface area contributed by atoms with Gasteiger partial charge in [-0.1, -0.05) is 0 Å². The van der Waals surface area contributed by atoms with Crippen LogP contribution in [0.1, 0.15) is 0 Å². The fourth-order valence-corrected chi connectivity index (χ4v) is 1.36. The van der Waals surface area contributed by atoms with Gasteiger partial charge in [0.2, 0.25) is 0 Å². The van der Waals surface area contributed by atoms with Crippen LogP contribution in [-0.4, -0.2) is 16.1 Å². The predicted octanol–water partition coefficient (Wildman–Crippen LogP) is 0.995. The van der Waals surface area contributed by atoms with Crippen molar-refractivity contribution in [2.24, 2.45) is 5.73 Å². The van der Waals surface area contributed by atoms with Crippen molar-refractivity contribution in [3.05, 3.63) is 30.6 Å². The van der Waals surface area contributed by atoms with Gasteiger partial charge in [0.25, 0.3) is 0 Å². The number of fused-ring (bicyclic) bond motifs is 1. The van der Waals surface area contributed by atoms with Gasteiger partial charge in [0.15, 0.2) is 0 Å². The average Bonchev–Trinajstić information content (AvgIpc) is 2.50. The molecule has 0 aliphatic heterocycles. The number of hydrogen-bond donors (Lipinski definition) is 1. The van der Waals surface area contributed by atoms with Crippen molar-refractivity contribution in [1.29, 1.82) is 0 Å². The highest BCUT2D eigenvalue weighted by Gasteiger charge is 1.98. The second kappa shape index (κ2) is 2.95. The lowest BCUT2D eigenvalue weighted by molar-refractivity contribution is 0.735. The average molecular weight is 161 g/mol. The van der Waals surface area contributed by atoms with Crippen molar-refractivity contribution in [2.45, 2.75) is 6.54 Å². The maximum atomic E-state index is 5.47. The van der Waals surface area contributed by atoms with E-state index in [0.29, 0.717) is 6.54 Å². The van der Waals surface area contributed by atoms with Gasteiger partial charge in [0.05, 0.1) is 11.0 Å². The molecule has 2 aromatic rings. The molecule has 2 N–H and O–H groups in total. The first-order valence-corrected chi connectivity index (χ1v) is 4.02. The van der Waals surface area contributed by atoms with Crippen LogP contribution in [0, 0.1) is 0 Å². The lowest BCUT2D eigenvalue weighted by Gasteiger charge is -2.00. The molecule has 3 nitrogen and oxygen atoms in total. The molecule has 0 radical (unpaired) electrons. The van der Waals surface area contributed by atoms with Gasteiger partial charge < -0.3 is 10.3 Å². The van der Waals surface area contributed by atoms with Crippen LogP contribution in [-0.2, 0) is 6.54 Å². The van der Waals surface area contributed by atoms with Gasteiger partial charge in [0.1, 0.15) is 0 Å². The fourth-order valence-electron chi connectivity index (χ4n) is 1.36. The Morgan fingerprint density at radius 2 is 2.33 bits per heavy atom. The Hall–Kier alpha value is -1.35. The molecule has 2 heterocycles.